The largest absolute Gasteiger partial charge is 0.493 e. The number of carboxylic acid groups (broad SMARTS) is 1. The van der Waals surface area contributed by atoms with Crippen molar-refractivity contribution in [2.75, 3.05) is 27.9 Å². The Labute approximate surface area is 218 Å². The van der Waals surface area contributed by atoms with Crippen LogP contribution < -0.4 is 24.8 Å². The third-order valence-electron chi connectivity index (χ3n) is 6.28. The maximum absolute atomic E-state index is 13.6. The van der Waals surface area contributed by atoms with Crippen LogP contribution in [0.3, 0.4) is 0 Å². The normalized spacial score (nSPS) is 20.0. The Morgan fingerprint density at radius 1 is 1.11 bits per heavy atom. The van der Waals surface area contributed by atoms with E-state index in [4.69, 9.17) is 19.3 Å². The highest BCUT2D eigenvalue weighted by molar-refractivity contribution is 6.00. The Morgan fingerprint density at radius 3 is 2.32 bits per heavy atom. The number of aliphatic carboxylic acids is 1. The molecule has 0 bridgehead atoms. The van der Waals surface area contributed by atoms with Crippen LogP contribution in [0.5, 0.6) is 17.2 Å². The average molecular weight is 535 g/mol. The van der Waals surface area contributed by atoms with Crippen LogP contribution >= 0.6 is 0 Å². The first kappa shape index (κ1) is 28.2. The van der Waals surface area contributed by atoms with E-state index < -0.39 is 54.1 Å². The Kier molecular flexibility index (Phi) is 9.10. The van der Waals surface area contributed by atoms with E-state index in [9.17, 15) is 28.8 Å². The molecule has 3 rings (SSSR count). The van der Waals surface area contributed by atoms with Crippen LogP contribution in [0.2, 0.25) is 0 Å². The van der Waals surface area contributed by atoms with Gasteiger partial charge >= 0.3 is 5.97 Å². The van der Waals surface area contributed by atoms with Crippen LogP contribution in [0, 0.1) is 0 Å². The van der Waals surface area contributed by atoms with Crippen LogP contribution in [0.25, 0.3) is 0 Å². The van der Waals surface area contributed by atoms with Gasteiger partial charge in [-0.3, -0.25) is 29.0 Å². The molecule has 3 unspecified atom stereocenters. The van der Waals surface area contributed by atoms with Gasteiger partial charge in [0.2, 0.25) is 17.6 Å². The molecule has 206 valence electrons. The van der Waals surface area contributed by atoms with Gasteiger partial charge in [-0.05, 0) is 31.4 Å². The van der Waals surface area contributed by atoms with E-state index in [-0.39, 0.29) is 48.6 Å². The van der Waals surface area contributed by atoms with Crippen LogP contribution in [0.4, 0.5) is 0 Å². The fraction of sp³-hybridized carbons (Fsp3) is 0.500. The molecule has 3 atom stereocenters. The standard InChI is InChI=1S/C24H30N4O10/c1-36-17-9-13(10-18(37-2)21(17)38-3)22(33)26-15-6-7-19(30)27-8-4-5-16(28(27)24(15)35)23(34)25-14(12-29)11-20(31)32/h9-10,12,14-16H,4-8,11H2,1-3H3,(H,25,34)(H,26,33)(H,31,32). The van der Waals surface area contributed by atoms with E-state index in [1.54, 1.807) is 0 Å². The molecule has 1 aromatic carbocycles. The highest BCUT2D eigenvalue weighted by Gasteiger charge is 2.45. The number of hydrogen-bond acceptors (Lipinski definition) is 9. The number of methoxy groups -OCH3 is 3. The average Bonchev–Trinajstić information content (AvgIpc) is 3.03. The van der Waals surface area contributed by atoms with Crippen molar-refractivity contribution >= 4 is 35.9 Å². The van der Waals surface area contributed by atoms with Crippen LogP contribution in [-0.2, 0) is 24.0 Å². The van der Waals surface area contributed by atoms with Crippen molar-refractivity contribution in [1.29, 1.82) is 0 Å². The minimum Gasteiger partial charge on any atom is -0.493 e. The summed E-state index contributed by atoms with van der Waals surface area (Å²) in [6.07, 6.45) is 0.167. The molecule has 2 heterocycles. The number of nitrogens with one attached hydrogen (secondary N) is 2. The monoisotopic (exact) mass is 534 g/mol. The quantitative estimate of drug-likeness (QED) is 0.331. The molecule has 0 aliphatic carbocycles. The molecule has 2 aliphatic rings. The zero-order chi connectivity index (χ0) is 28.0. The summed E-state index contributed by atoms with van der Waals surface area (Å²) in [5.74, 6) is -3.07. The summed E-state index contributed by atoms with van der Waals surface area (Å²) in [7, 11) is 4.19. The summed E-state index contributed by atoms with van der Waals surface area (Å²) in [6.45, 7) is 0.189. The van der Waals surface area contributed by atoms with Gasteiger partial charge in [0.1, 0.15) is 18.4 Å². The van der Waals surface area contributed by atoms with E-state index in [0.29, 0.717) is 12.7 Å². The second kappa shape index (κ2) is 12.3. The Morgan fingerprint density at radius 2 is 1.76 bits per heavy atom. The van der Waals surface area contributed by atoms with E-state index in [1.165, 1.54) is 38.5 Å². The number of hydrazine groups is 1. The molecular weight excluding hydrogens is 504 g/mol. The SMILES string of the molecule is COc1cc(C(=O)NC2CCC(=O)N3CCCC(C(=O)NC(C=O)CC(=O)O)N3C2=O)cc(OC)c1OC. The van der Waals surface area contributed by atoms with Crippen molar-refractivity contribution in [3.05, 3.63) is 17.7 Å². The molecule has 38 heavy (non-hydrogen) atoms. The van der Waals surface area contributed by atoms with E-state index in [1.807, 2.05) is 0 Å². The minimum absolute atomic E-state index is 0.00878. The number of carboxylic acids is 1. The van der Waals surface area contributed by atoms with Crippen molar-refractivity contribution in [3.63, 3.8) is 0 Å². The van der Waals surface area contributed by atoms with Gasteiger partial charge in [0, 0.05) is 18.5 Å². The Bertz CT molecular complexity index is 1100. The number of ether oxygens (including phenoxy) is 3. The Balaban J connectivity index is 1.86. The van der Waals surface area contributed by atoms with Gasteiger partial charge in [0.05, 0.1) is 33.8 Å². The van der Waals surface area contributed by atoms with Gasteiger partial charge < -0.3 is 34.7 Å². The zero-order valence-corrected chi connectivity index (χ0v) is 21.2. The molecule has 0 spiro atoms. The number of benzene rings is 1. The number of carbonyl (C=O) groups is 6. The first-order valence-corrected chi connectivity index (χ1v) is 11.9. The molecule has 14 nitrogen and oxygen atoms in total. The molecule has 2 fully saturated rings. The number of nitrogens with zero attached hydrogens (tertiary/aromatic N) is 2. The second-order valence-electron chi connectivity index (χ2n) is 8.69. The number of aldehydes is 1. The highest BCUT2D eigenvalue weighted by Crippen LogP contribution is 2.38. The summed E-state index contributed by atoms with van der Waals surface area (Å²) >= 11 is 0. The van der Waals surface area contributed by atoms with Gasteiger partial charge in [-0.15, -0.1) is 0 Å². The fourth-order valence-corrected chi connectivity index (χ4v) is 4.46. The number of amides is 4. The van der Waals surface area contributed by atoms with Crippen molar-refractivity contribution in [2.24, 2.45) is 0 Å². The van der Waals surface area contributed by atoms with Gasteiger partial charge in [-0.25, -0.2) is 5.01 Å². The van der Waals surface area contributed by atoms with Crippen LogP contribution in [-0.4, -0.2) is 97.0 Å². The number of rotatable bonds is 10. The van der Waals surface area contributed by atoms with Crippen LogP contribution in [0.1, 0.15) is 42.5 Å². The number of hydrogen-bond donors (Lipinski definition) is 3. The lowest BCUT2D eigenvalue weighted by Gasteiger charge is -2.43. The van der Waals surface area contributed by atoms with E-state index in [2.05, 4.69) is 10.6 Å². The lowest BCUT2D eigenvalue weighted by molar-refractivity contribution is -0.176. The highest BCUT2D eigenvalue weighted by atomic mass is 16.5. The first-order valence-electron chi connectivity index (χ1n) is 11.9. The minimum atomic E-state index is -1.30. The van der Waals surface area contributed by atoms with Crippen molar-refractivity contribution in [2.45, 2.75) is 50.2 Å². The molecule has 4 amide bonds. The summed E-state index contributed by atoms with van der Waals surface area (Å²) in [4.78, 5) is 74.8. The van der Waals surface area contributed by atoms with Gasteiger partial charge in [-0.2, -0.15) is 0 Å². The molecule has 2 aliphatic heterocycles. The van der Waals surface area contributed by atoms with Crippen molar-refractivity contribution in [1.82, 2.24) is 20.7 Å². The van der Waals surface area contributed by atoms with Gasteiger partial charge in [-0.1, -0.05) is 0 Å². The second-order valence-corrected chi connectivity index (χ2v) is 8.69. The van der Waals surface area contributed by atoms with Gasteiger partial charge in [0.25, 0.3) is 11.8 Å². The molecule has 0 saturated carbocycles. The molecular formula is C24H30N4O10. The maximum atomic E-state index is 13.6. The number of fused-ring (bicyclic) bond motifs is 1. The van der Waals surface area contributed by atoms with Crippen LogP contribution in [0.15, 0.2) is 12.1 Å². The molecule has 0 radical (unpaired) electrons. The predicted octanol–water partition coefficient (Wildman–Crippen LogP) is -0.502. The molecule has 3 N–H and O–H groups in total. The first-order chi connectivity index (χ1) is 18.1. The van der Waals surface area contributed by atoms with E-state index in [0.717, 1.165) is 5.01 Å². The van der Waals surface area contributed by atoms with Gasteiger partial charge in [0.15, 0.2) is 11.5 Å². The molecule has 14 heteroatoms. The third kappa shape index (κ3) is 5.95. The smallest absolute Gasteiger partial charge is 0.305 e. The lowest BCUT2D eigenvalue weighted by Crippen LogP contribution is -2.64. The summed E-state index contributed by atoms with van der Waals surface area (Å²) in [5, 5.41) is 16.1. The van der Waals surface area contributed by atoms with Crippen molar-refractivity contribution in [3.8, 4) is 17.2 Å². The van der Waals surface area contributed by atoms with E-state index >= 15 is 0 Å². The molecule has 1 aromatic rings. The topological polar surface area (TPSA) is 181 Å². The van der Waals surface area contributed by atoms with Crippen molar-refractivity contribution < 1.29 is 48.1 Å². The third-order valence-corrected chi connectivity index (χ3v) is 6.28. The summed E-state index contributed by atoms with van der Waals surface area (Å²) in [5.41, 5.74) is 0.107. The fourth-order valence-electron chi connectivity index (χ4n) is 4.46. The summed E-state index contributed by atoms with van der Waals surface area (Å²) in [6, 6.07) is -0.799. The predicted molar refractivity (Wildman–Crippen MR) is 128 cm³/mol. The Hall–Kier alpha value is -4.36. The lowest BCUT2D eigenvalue weighted by atomic mass is 10.0. The summed E-state index contributed by atoms with van der Waals surface area (Å²) < 4.78 is 15.8. The molecule has 0 aromatic heterocycles. The number of carbonyl (C=O) groups excluding carboxylic acids is 5. The maximum Gasteiger partial charge on any atom is 0.305 e. The zero-order valence-electron chi connectivity index (χ0n) is 21.2. The molecule has 2 saturated heterocycles.